The number of hydrogen-bond acceptors (Lipinski definition) is 4. The van der Waals surface area contributed by atoms with Gasteiger partial charge >= 0.3 is 6.09 Å². The molecule has 0 heterocycles. The predicted octanol–water partition coefficient (Wildman–Crippen LogP) is 5.92. The zero-order valence-corrected chi connectivity index (χ0v) is 22.4. The highest BCUT2D eigenvalue weighted by Gasteiger charge is 2.46. The number of hydrogen-bond donors (Lipinski definition) is 2. The number of ether oxygens (including phenoxy) is 1. The molecule has 0 spiro atoms. The summed E-state index contributed by atoms with van der Waals surface area (Å²) >= 11 is 0. The normalized spacial score (nSPS) is 17.3. The van der Waals surface area contributed by atoms with Gasteiger partial charge in [0.25, 0.3) is 5.91 Å². The number of fused-ring (bicyclic) bond motifs is 1. The Morgan fingerprint density at radius 2 is 1.76 bits per heavy atom. The van der Waals surface area contributed by atoms with Gasteiger partial charge in [-0.15, -0.1) is 0 Å². The van der Waals surface area contributed by atoms with Crippen LogP contribution in [-0.4, -0.2) is 41.0 Å². The molecule has 3 aromatic rings. The molecule has 3 amide bonds. The fraction of sp³-hybridized carbons (Fsp3) is 0.323. The van der Waals surface area contributed by atoms with E-state index in [1.54, 1.807) is 31.7 Å². The van der Waals surface area contributed by atoms with Gasteiger partial charge in [-0.2, -0.15) is 0 Å². The fourth-order valence-electron chi connectivity index (χ4n) is 4.54. The second kappa shape index (κ2) is 11.1. The van der Waals surface area contributed by atoms with E-state index in [1.165, 1.54) is 0 Å². The number of anilines is 1. The molecule has 1 aliphatic carbocycles. The van der Waals surface area contributed by atoms with Crippen LogP contribution >= 0.6 is 0 Å². The minimum atomic E-state index is -0.899. The molecule has 38 heavy (non-hydrogen) atoms. The van der Waals surface area contributed by atoms with Crippen molar-refractivity contribution in [1.82, 2.24) is 10.2 Å². The van der Waals surface area contributed by atoms with E-state index in [4.69, 9.17) is 4.74 Å². The van der Waals surface area contributed by atoms with E-state index in [0.29, 0.717) is 11.3 Å². The number of alkyl carbamates (subject to hydrolysis) is 1. The minimum absolute atomic E-state index is 0.123. The molecule has 0 radical (unpaired) electrons. The SMILES string of the molecule is C=Cc1cccc(C(C(=O)Nc2ccc3ccccc3c2)N(C(=O)CNC(=O)OC(C)(C)C)C2CC2C)c1. The van der Waals surface area contributed by atoms with Crippen molar-refractivity contribution >= 4 is 40.4 Å². The molecule has 7 heteroatoms. The molecule has 7 nitrogen and oxygen atoms in total. The van der Waals surface area contributed by atoms with Crippen LogP contribution in [0.15, 0.2) is 73.3 Å². The zero-order chi connectivity index (χ0) is 27.4. The standard InChI is InChI=1S/C31H35N3O4/c1-6-21-10-9-13-24(17-21)28(29(36)33-25-15-14-22-11-7-8-12-23(22)18-25)34(26-16-20(26)2)27(35)19-32-30(37)38-31(3,4)5/h6-15,17-18,20,26,28H,1,16,19H2,2-5H3,(H,32,37)(H,33,36). The van der Waals surface area contributed by atoms with Crippen molar-refractivity contribution < 1.29 is 19.1 Å². The number of carbonyl (C=O) groups is 3. The molecule has 1 saturated carbocycles. The maximum absolute atomic E-state index is 13.9. The lowest BCUT2D eigenvalue weighted by molar-refractivity contribution is -0.139. The van der Waals surface area contributed by atoms with Gasteiger partial charge in [0, 0.05) is 11.7 Å². The number of nitrogens with one attached hydrogen (secondary N) is 2. The molecule has 0 aromatic heterocycles. The van der Waals surface area contributed by atoms with Crippen molar-refractivity contribution in [1.29, 1.82) is 0 Å². The molecule has 2 N–H and O–H groups in total. The monoisotopic (exact) mass is 513 g/mol. The Labute approximate surface area is 223 Å². The van der Waals surface area contributed by atoms with Crippen molar-refractivity contribution in [2.45, 2.75) is 51.8 Å². The summed E-state index contributed by atoms with van der Waals surface area (Å²) in [6, 6.07) is 20.1. The second-order valence-corrected chi connectivity index (χ2v) is 10.8. The average molecular weight is 514 g/mol. The molecule has 3 unspecified atom stereocenters. The lowest BCUT2D eigenvalue weighted by atomic mass is 10.0. The molecular weight excluding hydrogens is 478 g/mol. The molecule has 1 aliphatic rings. The molecule has 3 aromatic carbocycles. The van der Waals surface area contributed by atoms with Gasteiger partial charge in [0.05, 0.1) is 0 Å². The third-order valence-electron chi connectivity index (χ3n) is 6.50. The van der Waals surface area contributed by atoms with Gasteiger partial charge < -0.3 is 20.3 Å². The van der Waals surface area contributed by atoms with E-state index < -0.39 is 17.7 Å². The number of amides is 3. The Balaban J connectivity index is 1.65. The Kier molecular flexibility index (Phi) is 7.86. The van der Waals surface area contributed by atoms with Crippen LogP contribution in [0, 0.1) is 5.92 Å². The van der Waals surface area contributed by atoms with Crippen LogP contribution in [0.25, 0.3) is 16.8 Å². The van der Waals surface area contributed by atoms with Gasteiger partial charge in [0.1, 0.15) is 18.2 Å². The van der Waals surface area contributed by atoms with Crippen LogP contribution in [0.5, 0.6) is 0 Å². The summed E-state index contributed by atoms with van der Waals surface area (Å²) in [5, 5.41) is 7.65. The van der Waals surface area contributed by atoms with E-state index in [0.717, 1.165) is 22.8 Å². The smallest absolute Gasteiger partial charge is 0.408 e. The highest BCUT2D eigenvalue weighted by atomic mass is 16.6. The number of benzene rings is 3. The van der Waals surface area contributed by atoms with Crippen molar-refractivity contribution in [2.24, 2.45) is 5.92 Å². The van der Waals surface area contributed by atoms with Gasteiger partial charge in [0.2, 0.25) is 5.91 Å². The first-order chi connectivity index (χ1) is 18.1. The Morgan fingerprint density at radius 1 is 1.05 bits per heavy atom. The van der Waals surface area contributed by atoms with E-state index in [-0.39, 0.29) is 30.3 Å². The topological polar surface area (TPSA) is 87.7 Å². The Morgan fingerprint density at radius 3 is 2.42 bits per heavy atom. The van der Waals surface area contributed by atoms with Crippen LogP contribution in [0.3, 0.4) is 0 Å². The van der Waals surface area contributed by atoms with Crippen molar-refractivity contribution in [3.05, 3.63) is 84.4 Å². The highest BCUT2D eigenvalue weighted by Crippen LogP contribution is 2.40. The summed E-state index contributed by atoms with van der Waals surface area (Å²) in [6.07, 6.45) is 1.80. The molecule has 0 saturated heterocycles. The van der Waals surface area contributed by atoms with Crippen LogP contribution in [-0.2, 0) is 14.3 Å². The van der Waals surface area contributed by atoms with Gasteiger partial charge in [0.15, 0.2) is 0 Å². The largest absolute Gasteiger partial charge is 0.444 e. The van der Waals surface area contributed by atoms with Crippen LogP contribution in [0.4, 0.5) is 10.5 Å². The predicted molar refractivity (Wildman–Crippen MR) is 151 cm³/mol. The summed E-state index contributed by atoms with van der Waals surface area (Å²) < 4.78 is 5.29. The van der Waals surface area contributed by atoms with Crippen molar-refractivity contribution in [2.75, 3.05) is 11.9 Å². The quantitative estimate of drug-likeness (QED) is 0.391. The van der Waals surface area contributed by atoms with Crippen LogP contribution in [0.1, 0.15) is 51.3 Å². The summed E-state index contributed by atoms with van der Waals surface area (Å²) in [7, 11) is 0. The van der Waals surface area contributed by atoms with Crippen molar-refractivity contribution in [3.8, 4) is 0 Å². The van der Waals surface area contributed by atoms with Gasteiger partial charge in [-0.1, -0.05) is 68.1 Å². The Hall–Kier alpha value is -4.13. The summed E-state index contributed by atoms with van der Waals surface area (Å²) in [5.74, 6) is -0.446. The summed E-state index contributed by atoms with van der Waals surface area (Å²) in [5.41, 5.74) is 1.46. The lowest BCUT2D eigenvalue weighted by Gasteiger charge is -2.32. The average Bonchev–Trinajstić information content (AvgIpc) is 3.60. The minimum Gasteiger partial charge on any atom is -0.444 e. The van der Waals surface area contributed by atoms with Crippen molar-refractivity contribution in [3.63, 3.8) is 0 Å². The first-order valence-electron chi connectivity index (χ1n) is 12.9. The molecular formula is C31H35N3O4. The molecule has 198 valence electrons. The maximum atomic E-state index is 13.9. The highest BCUT2D eigenvalue weighted by molar-refractivity contribution is 6.00. The molecule has 4 rings (SSSR count). The summed E-state index contributed by atoms with van der Waals surface area (Å²) in [6.45, 7) is 10.9. The third kappa shape index (κ3) is 6.59. The molecule has 0 bridgehead atoms. The first-order valence-corrected chi connectivity index (χ1v) is 12.9. The number of rotatable bonds is 8. The van der Waals surface area contributed by atoms with Crippen LogP contribution < -0.4 is 10.6 Å². The first kappa shape index (κ1) is 26.9. The number of nitrogens with zero attached hydrogens (tertiary/aromatic N) is 1. The van der Waals surface area contributed by atoms with E-state index in [1.807, 2.05) is 73.7 Å². The zero-order valence-electron chi connectivity index (χ0n) is 22.4. The van der Waals surface area contributed by atoms with Crippen LogP contribution in [0.2, 0.25) is 0 Å². The van der Waals surface area contributed by atoms with E-state index >= 15 is 0 Å². The lowest BCUT2D eigenvalue weighted by Crippen LogP contribution is -2.48. The van der Waals surface area contributed by atoms with E-state index in [2.05, 4.69) is 17.2 Å². The van der Waals surface area contributed by atoms with Gasteiger partial charge in [-0.25, -0.2) is 4.79 Å². The molecule has 0 aliphatic heterocycles. The molecule has 3 atom stereocenters. The fourth-order valence-corrected chi connectivity index (χ4v) is 4.54. The maximum Gasteiger partial charge on any atom is 0.408 e. The summed E-state index contributed by atoms with van der Waals surface area (Å²) in [4.78, 5) is 41.4. The Bertz CT molecular complexity index is 1360. The van der Waals surface area contributed by atoms with Gasteiger partial charge in [-0.3, -0.25) is 9.59 Å². The van der Waals surface area contributed by atoms with E-state index in [9.17, 15) is 14.4 Å². The number of carbonyl (C=O) groups excluding carboxylic acids is 3. The van der Waals surface area contributed by atoms with Gasteiger partial charge in [-0.05, 0) is 73.2 Å². The molecule has 1 fully saturated rings. The second-order valence-electron chi connectivity index (χ2n) is 10.8. The third-order valence-corrected chi connectivity index (χ3v) is 6.50.